The Morgan fingerprint density at radius 2 is 1.05 bits per heavy atom. The molecule has 1 N–H and O–H groups in total. The van der Waals surface area contributed by atoms with Crippen LogP contribution in [0.25, 0.3) is 0 Å². The van der Waals surface area contributed by atoms with Crippen LogP contribution in [-0.2, 0) is 0 Å². The standard InChI is InChI=1S/C28H27ClN2O4.C17H18ClNO2/c29-20-8-10-23(11-9-20)35-24-14-12-22(13-15-24)34-19-21-5-3-16-30(21)17-4-18-31-27(32)25-6-1-2-7-26(25)28(31)33;18-13-3-5-16(6-4-13)21-17-9-7-15(8-10-17)20-12-14-2-1-11-19-14/h1-2,6-15,21H,3-5,16-19H2;3-10,14,19H,1-2,11-12H2/t21-;14-/m00/s1. The second-order valence-electron chi connectivity index (χ2n) is 14.0. The first-order valence-corrected chi connectivity index (χ1v) is 19.9. The lowest BCUT2D eigenvalue weighted by Gasteiger charge is -2.25. The van der Waals surface area contributed by atoms with Gasteiger partial charge in [0.25, 0.3) is 11.8 Å². The summed E-state index contributed by atoms with van der Waals surface area (Å²) in [6.07, 6.45) is 5.37. The number of imide groups is 1. The number of fused-ring (bicyclic) bond motifs is 1. The van der Waals surface area contributed by atoms with E-state index in [2.05, 4.69) is 10.2 Å². The fraction of sp³-hybridized carbons (Fsp3) is 0.289. The van der Waals surface area contributed by atoms with Crippen molar-refractivity contribution < 1.29 is 28.5 Å². The maximum Gasteiger partial charge on any atom is 0.261 e. The number of amides is 2. The van der Waals surface area contributed by atoms with E-state index < -0.39 is 0 Å². The van der Waals surface area contributed by atoms with E-state index in [1.165, 1.54) is 17.7 Å². The van der Waals surface area contributed by atoms with Gasteiger partial charge in [0.1, 0.15) is 47.7 Å². The minimum atomic E-state index is -0.185. The molecule has 5 aromatic rings. The lowest BCUT2D eigenvalue weighted by Crippen LogP contribution is -2.37. The molecule has 0 saturated carbocycles. The van der Waals surface area contributed by atoms with Crippen LogP contribution in [0.1, 0.15) is 52.8 Å². The summed E-state index contributed by atoms with van der Waals surface area (Å²) in [4.78, 5) is 28.9. The number of likely N-dealkylation sites (tertiary alicyclic amines) is 1. The Morgan fingerprint density at radius 1 is 0.571 bits per heavy atom. The number of rotatable bonds is 14. The highest BCUT2D eigenvalue weighted by atomic mass is 35.5. The molecule has 3 heterocycles. The molecule has 0 aliphatic carbocycles. The van der Waals surface area contributed by atoms with Crippen molar-refractivity contribution in [1.82, 2.24) is 15.1 Å². The molecule has 2 amide bonds. The highest BCUT2D eigenvalue weighted by Crippen LogP contribution is 2.28. The number of carbonyl (C=O) groups is 2. The van der Waals surface area contributed by atoms with Crippen molar-refractivity contribution in [3.8, 4) is 34.5 Å². The van der Waals surface area contributed by atoms with Gasteiger partial charge in [0.15, 0.2) is 0 Å². The Balaban J connectivity index is 0.000000195. The molecule has 8 rings (SSSR count). The van der Waals surface area contributed by atoms with Crippen molar-refractivity contribution in [3.63, 3.8) is 0 Å². The second kappa shape index (κ2) is 19.2. The number of hydrogen-bond acceptors (Lipinski definition) is 8. The maximum atomic E-state index is 12.6. The van der Waals surface area contributed by atoms with Gasteiger partial charge in [-0.15, -0.1) is 0 Å². The number of halogens is 2. The van der Waals surface area contributed by atoms with Crippen LogP contribution >= 0.6 is 23.2 Å². The summed E-state index contributed by atoms with van der Waals surface area (Å²) >= 11 is 11.8. The summed E-state index contributed by atoms with van der Waals surface area (Å²) in [5, 5.41) is 4.79. The first-order valence-electron chi connectivity index (χ1n) is 19.1. The molecule has 9 nitrogen and oxygen atoms in total. The Kier molecular flexibility index (Phi) is 13.4. The summed E-state index contributed by atoms with van der Waals surface area (Å²) in [6.45, 7) is 4.69. The van der Waals surface area contributed by atoms with Crippen molar-refractivity contribution in [1.29, 1.82) is 0 Å². The van der Waals surface area contributed by atoms with Crippen LogP contribution in [0.15, 0.2) is 121 Å². The van der Waals surface area contributed by atoms with Gasteiger partial charge in [-0.25, -0.2) is 0 Å². The van der Waals surface area contributed by atoms with Gasteiger partial charge in [-0.2, -0.15) is 0 Å². The van der Waals surface area contributed by atoms with Gasteiger partial charge in [-0.3, -0.25) is 19.4 Å². The summed E-state index contributed by atoms with van der Waals surface area (Å²) in [5.41, 5.74) is 1.02. The van der Waals surface area contributed by atoms with Gasteiger partial charge in [-0.05, 0) is 154 Å². The molecule has 3 aliphatic rings. The minimum Gasteiger partial charge on any atom is -0.492 e. The maximum absolute atomic E-state index is 12.6. The van der Waals surface area contributed by atoms with Crippen LogP contribution in [0, 0.1) is 0 Å². The molecule has 3 aliphatic heterocycles. The smallest absolute Gasteiger partial charge is 0.261 e. The topological polar surface area (TPSA) is 89.6 Å². The Hall–Kier alpha value is -5.06. The zero-order chi connectivity index (χ0) is 38.7. The SMILES string of the molecule is Clc1ccc(Oc2ccc(OC[C@@H]3CCCN3)cc2)cc1.O=C1c2ccccc2C(=O)N1CCCN1CCC[C@H]1COc1ccc(Oc2ccc(Cl)cc2)cc1. The molecular weight excluding hydrogens is 749 g/mol. The zero-order valence-corrected chi connectivity index (χ0v) is 32.6. The normalized spacial score (nSPS) is 17.6. The lowest BCUT2D eigenvalue weighted by atomic mass is 10.1. The molecule has 0 aromatic heterocycles. The average Bonchev–Trinajstić information content (AvgIpc) is 3.97. The van der Waals surface area contributed by atoms with E-state index in [4.69, 9.17) is 42.1 Å². The number of benzene rings is 5. The summed E-state index contributed by atoms with van der Waals surface area (Å²) in [6, 6.07) is 37.7. The van der Waals surface area contributed by atoms with E-state index in [0.29, 0.717) is 46.4 Å². The fourth-order valence-corrected chi connectivity index (χ4v) is 7.28. The van der Waals surface area contributed by atoms with Gasteiger partial charge >= 0.3 is 0 Å². The molecule has 11 heteroatoms. The van der Waals surface area contributed by atoms with E-state index in [1.807, 2.05) is 84.9 Å². The molecule has 2 atom stereocenters. The molecule has 56 heavy (non-hydrogen) atoms. The second-order valence-corrected chi connectivity index (χ2v) is 14.8. The Labute approximate surface area is 338 Å². The van der Waals surface area contributed by atoms with Crippen LogP contribution in [0.4, 0.5) is 0 Å². The van der Waals surface area contributed by atoms with Crippen molar-refractivity contribution in [3.05, 3.63) is 142 Å². The zero-order valence-electron chi connectivity index (χ0n) is 31.1. The van der Waals surface area contributed by atoms with E-state index in [0.717, 1.165) is 80.0 Å². The molecule has 0 bridgehead atoms. The van der Waals surface area contributed by atoms with Gasteiger partial charge in [-0.1, -0.05) is 35.3 Å². The van der Waals surface area contributed by atoms with E-state index in [-0.39, 0.29) is 11.8 Å². The quantitative estimate of drug-likeness (QED) is 0.111. The monoisotopic (exact) mass is 793 g/mol. The van der Waals surface area contributed by atoms with Crippen LogP contribution in [0.3, 0.4) is 0 Å². The molecule has 290 valence electrons. The number of nitrogens with zero attached hydrogens (tertiary/aromatic N) is 2. The van der Waals surface area contributed by atoms with Gasteiger partial charge in [0.2, 0.25) is 0 Å². The van der Waals surface area contributed by atoms with Crippen LogP contribution in [0.5, 0.6) is 34.5 Å². The molecule has 5 aromatic carbocycles. The van der Waals surface area contributed by atoms with Crippen LogP contribution in [-0.4, -0.2) is 73.1 Å². The lowest BCUT2D eigenvalue weighted by molar-refractivity contribution is 0.0644. The largest absolute Gasteiger partial charge is 0.492 e. The first kappa shape index (κ1) is 39.2. The Morgan fingerprint density at radius 3 is 1.55 bits per heavy atom. The minimum absolute atomic E-state index is 0.185. The molecule has 2 saturated heterocycles. The number of carbonyl (C=O) groups excluding carboxylic acids is 2. The Bertz CT molecular complexity index is 2000. The predicted molar refractivity (Wildman–Crippen MR) is 219 cm³/mol. The highest BCUT2D eigenvalue weighted by Gasteiger charge is 2.35. The summed E-state index contributed by atoms with van der Waals surface area (Å²) < 4.78 is 23.4. The third-order valence-corrected chi connectivity index (χ3v) is 10.5. The number of hydrogen-bond donors (Lipinski definition) is 1. The third-order valence-electron chi connectivity index (χ3n) is 10.0. The van der Waals surface area contributed by atoms with Crippen LogP contribution in [0.2, 0.25) is 10.0 Å². The molecule has 2 fully saturated rings. The van der Waals surface area contributed by atoms with Gasteiger partial charge in [0, 0.05) is 35.2 Å². The van der Waals surface area contributed by atoms with Crippen molar-refractivity contribution in [2.45, 2.75) is 44.2 Å². The first-order chi connectivity index (χ1) is 27.4. The summed E-state index contributed by atoms with van der Waals surface area (Å²) in [7, 11) is 0. The van der Waals surface area contributed by atoms with Crippen molar-refractivity contribution in [2.75, 3.05) is 39.4 Å². The van der Waals surface area contributed by atoms with E-state index >= 15 is 0 Å². The fourth-order valence-electron chi connectivity index (χ4n) is 7.03. The number of nitrogens with one attached hydrogen (secondary N) is 1. The molecule has 0 unspecified atom stereocenters. The third kappa shape index (κ3) is 10.6. The van der Waals surface area contributed by atoms with E-state index in [9.17, 15) is 9.59 Å². The van der Waals surface area contributed by atoms with E-state index in [1.54, 1.807) is 36.4 Å². The van der Waals surface area contributed by atoms with Gasteiger partial charge in [0.05, 0.1) is 11.1 Å². The molecule has 0 spiro atoms. The van der Waals surface area contributed by atoms with Crippen molar-refractivity contribution in [2.24, 2.45) is 0 Å². The summed E-state index contributed by atoms with van der Waals surface area (Å²) in [5.74, 6) is 4.30. The predicted octanol–water partition coefficient (Wildman–Crippen LogP) is 9.92. The van der Waals surface area contributed by atoms with Gasteiger partial charge < -0.3 is 24.3 Å². The van der Waals surface area contributed by atoms with Crippen molar-refractivity contribution >= 4 is 35.0 Å². The number of ether oxygens (including phenoxy) is 4. The highest BCUT2D eigenvalue weighted by molar-refractivity contribution is 6.30. The van der Waals surface area contributed by atoms with Crippen LogP contribution < -0.4 is 24.3 Å². The molecular formula is C45H45Cl2N3O6. The molecule has 0 radical (unpaired) electrons. The average molecular weight is 795 g/mol.